The molecule has 0 radical (unpaired) electrons. The monoisotopic (exact) mass is 345 g/mol. The Morgan fingerprint density at radius 3 is 2.76 bits per heavy atom. The van der Waals surface area contributed by atoms with E-state index in [1.165, 1.54) is 6.07 Å². The number of carbonyl (C=O) groups is 1. The van der Waals surface area contributed by atoms with Crippen LogP contribution in [0.25, 0.3) is 11.0 Å². The van der Waals surface area contributed by atoms with Crippen LogP contribution in [0, 0.1) is 12.8 Å². The third kappa shape index (κ3) is 3.69. The summed E-state index contributed by atoms with van der Waals surface area (Å²) in [6, 6.07) is 4.91. The number of aromatic hydroxyl groups is 1. The summed E-state index contributed by atoms with van der Waals surface area (Å²) in [5.41, 5.74) is 1.46. The Labute approximate surface area is 146 Å². The maximum atomic E-state index is 11.9. The first-order chi connectivity index (χ1) is 12.0. The number of carbonyl (C=O) groups excluding carboxylic acids is 1. The molecule has 1 fully saturated rings. The molecule has 1 N–H and O–H groups in total. The Kier molecular flexibility index (Phi) is 5.08. The van der Waals surface area contributed by atoms with Crippen molar-refractivity contribution in [1.82, 2.24) is 4.90 Å². The van der Waals surface area contributed by atoms with E-state index in [9.17, 15) is 14.7 Å². The topological polar surface area (TPSA) is 80.0 Å². The van der Waals surface area contributed by atoms with Gasteiger partial charge in [0.05, 0.1) is 12.5 Å². The van der Waals surface area contributed by atoms with Crippen LogP contribution in [0.1, 0.15) is 30.9 Å². The van der Waals surface area contributed by atoms with Crippen LogP contribution in [-0.2, 0) is 16.1 Å². The third-order valence-electron chi connectivity index (χ3n) is 4.82. The smallest absolute Gasteiger partial charge is 0.336 e. The predicted octanol–water partition coefficient (Wildman–Crippen LogP) is 2.58. The minimum Gasteiger partial charge on any atom is -0.508 e. The molecular formula is C19H23NO5. The highest BCUT2D eigenvalue weighted by molar-refractivity contribution is 5.84. The Bertz CT molecular complexity index is 834. The first-order valence-corrected chi connectivity index (χ1v) is 8.64. The van der Waals surface area contributed by atoms with Crippen LogP contribution in [0.4, 0.5) is 0 Å². The number of rotatable bonds is 4. The Morgan fingerprint density at radius 2 is 2.08 bits per heavy atom. The van der Waals surface area contributed by atoms with E-state index in [0.717, 1.165) is 36.9 Å². The largest absolute Gasteiger partial charge is 0.508 e. The summed E-state index contributed by atoms with van der Waals surface area (Å²) < 4.78 is 10.4. The van der Waals surface area contributed by atoms with E-state index in [0.29, 0.717) is 24.3 Å². The molecule has 2 aromatic rings. The Morgan fingerprint density at radius 1 is 1.36 bits per heavy atom. The molecule has 6 nitrogen and oxygen atoms in total. The second-order valence-corrected chi connectivity index (χ2v) is 6.48. The molecule has 0 amide bonds. The lowest BCUT2D eigenvalue weighted by Crippen LogP contribution is -2.36. The van der Waals surface area contributed by atoms with Gasteiger partial charge >= 0.3 is 11.6 Å². The van der Waals surface area contributed by atoms with E-state index in [1.54, 1.807) is 19.1 Å². The molecule has 134 valence electrons. The maximum absolute atomic E-state index is 11.9. The zero-order valence-corrected chi connectivity index (χ0v) is 14.6. The number of phenolic OH excluding ortho intramolecular Hbond substituents is 1. The van der Waals surface area contributed by atoms with Crippen molar-refractivity contribution in [1.29, 1.82) is 0 Å². The molecule has 1 aliphatic heterocycles. The Balaban J connectivity index is 1.77. The second-order valence-electron chi connectivity index (χ2n) is 6.48. The quantitative estimate of drug-likeness (QED) is 0.678. The summed E-state index contributed by atoms with van der Waals surface area (Å²) in [5.74, 6) is -0.0323. The fraction of sp³-hybridized carbons (Fsp3) is 0.474. The number of esters is 1. The van der Waals surface area contributed by atoms with Gasteiger partial charge in [0, 0.05) is 23.6 Å². The number of likely N-dealkylation sites (tertiary alicyclic amines) is 1. The van der Waals surface area contributed by atoms with Gasteiger partial charge in [0.15, 0.2) is 0 Å². The summed E-state index contributed by atoms with van der Waals surface area (Å²) in [7, 11) is 0. The van der Waals surface area contributed by atoms with E-state index < -0.39 is 5.63 Å². The summed E-state index contributed by atoms with van der Waals surface area (Å²) >= 11 is 0. The van der Waals surface area contributed by atoms with Crippen LogP contribution in [0.5, 0.6) is 5.75 Å². The van der Waals surface area contributed by atoms with Crippen molar-refractivity contribution in [3.05, 3.63) is 39.7 Å². The zero-order valence-electron chi connectivity index (χ0n) is 14.6. The number of nitrogens with zero attached hydrogens (tertiary/aromatic N) is 1. The number of hydrogen-bond acceptors (Lipinski definition) is 6. The Hall–Kier alpha value is -2.34. The van der Waals surface area contributed by atoms with Crippen molar-refractivity contribution in [2.75, 3.05) is 19.7 Å². The molecule has 6 heteroatoms. The standard InChI is InChI=1S/C19H23NO5/c1-3-24-19(23)13-6-8-20(9-7-13)11-14-10-17(22)25-18-12(2)16(21)5-4-15(14)18/h4-5,10,13,21H,3,6-9,11H2,1-2H3. The minimum absolute atomic E-state index is 0.0343. The van der Waals surface area contributed by atoms with Crippen molar-refractivity contribution < 1.29 is 19.1 Å². The van der Waals surface area contributed by atoms with Crippen molar-refractivity contribution >= 4 is 16.9 Å². The third-order valence-corrected chi connectivity index (χ3v) is 4.82. The molecule has 0 bridgehead atoms. The molecule has 25 heavy (non-hydrogen) atoms. The number of phenols is 1. The van der Waals surface area contributed by atoms with E-state index in [4.69, 9.17) is 9.15 Å². The molecule has 0 unspecified atom stereocenters. The molecule has 1 aromatic heterocycles. The van der Waals surface area contributed by atoms with E-state index in [2.05, 4.69) is 4.90 Å². The van der Waals surface area contributed by atoms with Crippen molar-refractivity contribution in [3.63, 3.8) is 0 Å². The number of benzene rings is 1. The van der Waals surface area contributed by atoms with Gasteiger partial charge < -0.3 is 14.3 Å². The van der Waals surface area contributed by atoms with Gasteiger partial charge in [-0.1, -0.05) is 0 Å². The first kappa shape index (κ1) is 17.5. The van der Waals surface area contributed by atoms with Crippen molar-refractivity contribution in [2.45, 2.75) is 33.2 Å². The fourth-order valence-electron chi connectivity index (χ4n) is 3.37. The van der Waals surface area contributed by atoms with E-state index in [1.807, 2.05) is 6.92 Å². The van der Waals surface area contributed by atoms with Gasteiger partial charge in [-0.15, -0.1) is 0 Å². The predicted molar refractivity (Wildman–Crippen MR) is 93.5 cm³/mol. The van der Waals surface area contributed by atoms with Gasteiger partial charge in [0.2, 0.25) is 0 Å². The minimum atomic E-state index is -0.419. The zero-order chi connectivity index (χ0) is 18.0. The van der Waals surface area contributed by atoms with Gasteiger partial charge in [-0.05, 0) is 57.5 Å². The molecule has 0 aliphatic carbocycles. The molecule has 0 atom stereocenters. The molecule has 1 saturated heterocycles. The lowest BCUT2D eigenvalue weighted by Gasteiger charge is -2.31. The molecule has 0 saturated carbocycles. The number of hydrogen-bond donors (Lipinski definition) is 1. The highest BCUT2D eigenvalue weighted by Crippen LogP contribution is 2.28. The van der Waals surface area contributed by atoms with Gasteiger partial charge in [0.25, 0.3) is 0 Å². The van der Waals surface area contributed by atoms with Crippen LogP contribution in [-0.4, -0.2) is 35.7 Å². The summed E-state index contributed by atoms with van der Waals surface area (Å²) in [6.45, 7) is 6.14. The fourth-order valence-corrected chi connectivity index (χ4v) is 3.37. The number of piperidine rings is 1. The van der Waals surface area contributed by atoms with Crippen LogP contribution in [0.15, 0.2) is 27.4 Å². The SMILES string of the molecule is CCOC(=O)C1CCN(Cc2cc(=O)oc3c(C)c(O)ccc23)CC1. The molecular weight excluding hydrogens is 322 g/mol. The number of ether oxygens (including phenoxy) is 1. The van der Waals surface area contributed by atoms with Crippen molar-refractivity contribution in [2.24, 2.45) is 5.92 Å². The maximum Gasteiger partial charge on any atom is 0.336 e. The summed E-state index contributed by atoms with van der Waals surface area (Å²) in [5, 5.41) is 10.7. The van der Waals surface area contributed by atoms with Gasteiger partial charge in [-0.3, -0.25) is 9.69 Å². The highest BCUT2D eigenvalue weighted by Gasteiger charge is 2.26. The normalized spacial score (nSPS) is 16.2. The molecule has 1 aromatic carbocycles. The first-order valence-electron chi connectivity index (χ1n) is 8.64. The highest BCUT2D eigenvalue weighted by atomic mass is 16.5. The van der Waals surface area contributed by atoms with Gasteiger partial charge in [0.1, 0.15) is 11.3 Å². The van der Waals surface area contributed by atoms with E-state index in [-0.39, 0.29) is 17.6 Å². The average molecular weight is 345 g/mol. The molecule has 1 aliphatic rings. The van der Waals surface area contributed by atoms with Crippen molar-refractivity contribution in [3.8, 4) is 5.75 Å². The molecule has 3 rings (SSSR count). The van der Waals surface area contributed by atoms with Crippen LogP contribution in [0.3, 0.4) is 0 Å². The summed E-state index contributed by atoms with van der Waals surface area (Å²) in [6.07, 6.45) is 1.52. The molecule has 0 spiro atoms. The second kappa shape index (κ2) is 7.27. The average Bonchev–Trinajstić information content (AvgIpc) is 2.59. The molecule has 2 heterocycles. The lowest BCUT2D eigenvalue weighted by atomic mass is 9.96. The number of fused-ring (bicyclic) bond motifs is 1. The number of aryl methyl sites for hydroxylation is 1. The van der Waals surface area contributed by atoms with Gasteiger partial charge in [-0.2, -0.15) is 0 Å². The lowest BCUT2D eigenvalue weighted by molar-refractivity contribution is -0.149. The van der Waals surface area contributed by atoms with Gasteiger partial charge in [-0.25, -0.2) is 4.79 Å². The summed E-state index contributed by atoms with van der Waals surface area (Å²) in [4.78, 5) is 26.0. The van der Waals surface area contributed by atoms with Crippen LogP contribution < -0.4 is 5.63 Å². The van der Waals surface area contributed by atoms with Crippen LogP contribution >= 0.6 is 0 Å². The van der Waals surface area contributed by atoms with E-state index >= 15 is 0 Å². The van der Waals surface area contributed by atoms with Crippen LogP contribution in [0.2, 0.25) is 0 Å².